The van der Waals surface area contributed by atoms with E-state index in [9.17, 15) is 18.0 Å². The molecule has 1 heterocycles. The smallest absolute Gasteiger partial charge is 0.476 e. The van der Waals surface area contributed by atoms with Gasteiger partial charge < -0.3 is 15.2 Å². The van der Waals surface area contributed by atoms with Gasteiger partial charge in [-0.1, -0.05) is 12.1 Å². The van der Waals surface area contributed by atoms with E-state index >= 15 is 0 Å². The summed E-state index contributed by atoms with van der Waals surface area (Å²) in [6.45, 7) is 1.56. The van der Waals surface area contributed by atoms with Gasteiger partial charge in [-0.2, -0.15) is 0 Å². The van der Waals surface area contributed by atoms with E-state index in [-0.39, 0.29) is 16.5 Å². The van der Waals surface area contributed by atoms with E-state index in [1.807, 2.05) is 0 Å². The van der Waals surface area contributed by atoms with Crippen molar-refractivity contribution in [1.82, 2.24) is 4.98 Å². The Kier molecular flexibility index (Phi) is 4.03. The van der Waals surface area contributed by atoms with Crippen molar-refractivity contribution < 1.29 is 27.8 Å². The zero-order chi connectivity index (χ0) is 15.6. The molecule has 2 rings (SSSR count). The summed E-state index contributed by atoms with van der Waals surface area (Å²) >= 11 is 1.02. The molecule has 112 valence electrons. The van der Waals surface area contributed by atoms with Crippen molar-refractivity contribution in [1.29, 1.82) is 0 Å². The number of halogens is 3. The molecule has 5 nitrogen and oxygen atoms in total. The number of hydrogen-bond acceptors (Lipinski definition) is 5. The van der Waals surface area contributed by atoms with Crippen LogP contribution in [0.3, 0.4) is 0 Å². The molecule has 0 bridgehead atoms. The lowest BCUT2D eigenvalue weighted by Crippen LogP contribution is -2.17. The van der Waals surface area contributed by atoms with Gasteiger partial charge >= 0.3 is 12.3 Å². The molecule has 2 N–H and O–H groups in total. The van der Waals surface area contributed by atoms with E-state index in [0.29, 0.717) is 4.88 Å². The first-order valence-electron chi connectivity index (χ1n) is 5.59. The molecule has 0 saturated heterocycles. The summed E-state index contributed by atoms with van der Waals surface area (Å²) in [5.74, 6) is -1.62. The molecule has 0 fully saturated rings. The first-order chi connectivity index (χ1) is 9.76. The highest BCUT2D eigenvalue weighted by Crippen LogP contribution is 2.33. The quantitative estimate of drug-likeness (QED) is 0.897. The molecular weight excluding hydrogens is 309 g/mol. The number of nitrogens with zero attached hydrogens (tertiary/aromatic N) is 1. The fraction of sp³-hybridized carbons (Fsp3) is 0.167. The second kappa shape index (κ2) is 5.60. The average Bonchev–Trinajstić information content (AvgIpc) is 2.71. The van der Waals surface area contributed by atoms with E-state index in [4.69, 9.17) is 5.11 Å². The summed E-state index contributed by atoms with van der Waals surface area (Å²) in [7, 11) is 0. The molecule has 1 aromatic carbocycles. The van der Waals surface area contributed by atoms with Gasteiger partial charge in [0, 0.05) is 4.88 Å². The monoisotopic (exact) mass is 318 g/mol. The Hall–Kier alpha value is -2.29. The van der Waals surface area contributed by atoms with Gasteiger partial charge in [-0.05, 0) is 19.1 Å². The number of aromatic nitrogens is 1. The van der Waals surface area contributed by atoms with Crippen molar-refractivity contribution in [3.05, 3.63) is 34.8 Å². The summed E-state index contributed by atoms with van der Waals surface area (Å²) in [5.41, 5.74) is -0.0998. The molecule has 0 unspecified atom stereocenters. The second-order valence-corrected chi connectivity index (χ2v) is 5.10. The number of aromatic carboxylic acids is 1. The van der Waals surface area contributed by atoms with E-state index in [2.05, 4.69) is 15.0 Å². The predicted octanol–water partition coefficient (Wildman–Crippen LogP) is 3.79. The van der Waals surface area contributed by atoms with Gasteiger partial charge in [0.1, 0.15) is 0 Å². The molecule has 2 aromatic rings. The first-order valence-corrected chi connectivity index (χ1v) is 6.40. The largest absolute Gasteiger partial charge is 0.573 e. The lowest BCUT2D eigenvalue weighted by atomic mass is 10.3. The highest BCUT2D eigenvalue weighted by molar-refractivity contribution is 7.15. The van der Waals surface area contributed by atoms with Crippen LogP contribution >= 0.6 is 11.3 Å². The van der Waals surface area contributed by atoms with Crippen LogP contribution in [0.2, 0.25) is 0 Å². The van der Waals surface area contributed by atoms with Crippen molar-refractivity contribution in [3.63, 3.8) is 0 Å². The fourth-order valence-electron chi connectivity index (χ4n) is 1.55. The third-order valence-corrected chi connectivity index (χ3v) is 3.24. The van der Waals surface area contributed by atoms with Crippen LogP contribution in [0.4, 0.5) is 24.0 Å². The molecule has 0 saturated carbocycles. The topological polar surface area (TPSA) is 71.5 Å². The average molecular weight is 318 g/mol. The lowest BCUT2D eigenvalue weighted by Gasteiger charge is -2.13. The number of rotatable bonds is 4. The zero-order valence-electron chi connectivity index (χ0n) is 10.6. The van der Waals surface area contributed by atoms with Crippen LogP contribution in [0.5, 0.6) is 5.75 Å². The SMILES string of the molecule is Cc1sc(Nc2ccccc2OC(F)(F)F)nc1C(=O)O. The van der Waals surface area contributed by atoms with Gasteiger partial charge in [0.15, 0.2) is 16.6 Å². The van der Waals surface area contributed by atoms with Crippen molar-refractivity contribution in [2.24, 2.45) is 0 Å². The van der Waals surface area contributed by atoms with Crippen molar-refractivity contribution in [2.45, 2.75) is 13.3 Å². The summed E-state index contributed by atoms with van der Waals surface area (Å²) in [5, 5.41) is 11.7. The summed E-state index contributed by atoms with van der Waals surface area (Å²) in [6, 6.07) is 5.43. The first kappa shape index (κ1) is 15.1. The Bertz CT molecular complexity index is 670. The molecule has 9 heteroatoms. The van der Waals surface area contributed by atoms with Crippen LogP contribution in [0.1, 0.15) is 15.4 Å². The molecular formula is C12H9F3N2O3S. The maximum atomic E-state index is 12.3. The van der Waals surface area contributed by atoms with Crippen LogP contribution < -0.4 is 10.1 Å². The minimum absolute atomic E-state index is 0.0421. The molecule has 0 aliphatic carbocycles. The Labute approximate surface area is 121 Å². The second-order valence-electron chi connectivity index (χ2n) is 3.90. The van der Waals surface area contributed by atoms with Gasteiger partial charge in [-0.25, -0.2) is 9.78 Å². The number of para-hydroxylation sites is 2. The fourth-order valence-corrected chi connectivity index (χ4v) is 2.36. The highest BCUT2D eigenvalue weighted by atomic mass is 32.1. The molecule has 0 radical (unpaired) electrons. The van der Waals surface area contributed by atoms with Gasteiger partial charge in [-0.15, -0.1) is 24.5 Å². The number of carboxylic acid groups (broad SMARTS) is 1. The van der Waals surface area contributed by atoms with Gasteiger partial charge in [0.25, 0.3) is 0 Å². The van der Waals surface area contributed by atoms with E-state index in [0.717, 1.165) is 17.4 Å². The summed E-state index contributed by atoms with van der Waals surface area (Å²) in [4.78, 5) is 15.1. The highest BCUT2D eigenvalue weighted by Gasteiger charge is 2.32. The standard InChI is InChI=1S/C12H9F3N2O3S/c1-6-9(10(18)19)17-11(21-6)16-7-4-2-3-5-8(7)20-12(13,14)15/h2-5H,1H3,(H,16,17)(H,18,19). The molecule has 0 amide bonds. The maximum absolute atomic E-state index is 12.3. The van der Waals surface area contributed by atoms with Gasteiger partial charge in [0.2, 0.25) is 0 Å². The normalized spacial score (nSPS) is 11.2. The van der Waals surface area contributed by atoms with Crippen LogP contribution in [0.25, 0.3) is 0 Å². The number of benzene rings is 1. The molecule has 1 aromatic heterocycles. The minimum Gasteiger partial charge on any atom is -0.476 e. The number of anilines is 2. The Morgan fingerprint density at radius 3 is 2.62 bits per heavy atom. The summed E-state index contributed by atoms with van der Waals surface area (Å²) in [6.07, 6.45) is -4.82. The lowest BCUT2D eigenvalue weighted by molar-refractivity contribution is -0.274. The van der Waals surface area contributed by atoms with Crippen molar-refractivity contribution in [2.75, 3.05) is 5.32 Å². The Balaban J connectivity index is 2.28. The van der Waals surface area contributed by atoms with Crippen LogP contribution in [-0.2, 0) is 0 Å². The molecule has 0 spiro atoms. The number of nitrogens with one attached hydrogen (secondary N) is 1. The van der Waals surface area contributed by atoms with Crippen LogP contribution in [0.15, 0.2) is 24.3 Å². The van der Waals surface area contributed by atoms with Crippen LogP contribution in [-0.4, -0.2) is 22.4 Å². The third-order valence-electron chi connectivity index (χ3n) is 2.35. The molecule has 0 aliphatic rings. The number of thiazole rings is 1. The number of carboxylic acids is 1. The summed E-state index contributed by atoms with van der Waals surface area (Å²) < 4.78 is 40.8. The number of alkyl halides is 3. The van der Waals surface area contributed by atoms with E-state index in [1.54, 1.807) is 6.92 Å². The maximum Gasteiger partial charge on any atom is 0.573 e. The van der Waals surface area contributed by atoms with Crippen molar-refractivity contribution >= 4 is 28.1 Å². The predicted molar refractivity (Wildman–Crippen MR) is 70.2 cm³/mol. The van der Waals surface area contributed by atoms with Crippen molar-refractivity contribution in [3.8, 4) is 5.75 Å². The zero-order valence-corrected chi connectivity index (χ0v) is 11.4. The van der Waals surface area contributed by atoms with Crippen LogP contribution in [0, 0.1) is 6.92 Å². The molecule has 0 aliphatic heterocycles. The Morgan fingerprint density at radius 2 is 2.05 bits per heavy atom. The third kappa shape index (κ3) is 3.85. The molecule has 0 atom stereocenters. The number of carbonyl (C=O) groups is 1. The number of hydrogen-bond donors (Lipinski definition) is 2. The number of ether oxygens (including phenoxy) is 1. The molecule has 21 heavy (non-hydrogen) atoms. The minimum atomic E-state index is -4.82. The van der Waals surface area contributed by atoms with E-state index < -0.39 is 18.1 Å². The van der Waals surface area contributed by atoms with Gasteiger partial charge in [0.05, 0.1) is 5.69 Å². The Morgan fingerprint density at radius 1 is 1.38 bits per heavy atom. The number of aryl methyl sites for hydroxylation is 1. The van der Waals surface area contributed by atoms with E-state index in [1.165, 1.54) is 18.2 Å². The van der Waals surface area contributed by atoms with Gasteiger partial charge in [-0.3, -0.25) is 0 Å².